The molecular weight excluding hydrogens is 342 g/mol. The Bertz CT molecular complexity index is 1020. The summed E-state index contributed by atoms with van der Waals surface area (Å²) >= 11 is 5.84. The van der Waals surface area contributed by atoms with E-state index in [0.717, 1.165) is 10.3 Å². The standard InChI is InChI=1S/C18H14ClN3O3/c1-21(13-5-3-2-4-6-13)16-15(11-23)17(24)22(18(25)20-16)14-9-7-12(19)8-10-14/h2-11H,1H3,(H,20,25). The van der Waals surface area contributed by atoms with E-state index in [4.69, 9.17) is 11.6 Å². The number of hydrogen-bond acceptors (Lipinski definition) is 4. The van der Waals surface area contributed by atoms with Gasteiger partial charge in [-0.25, -0.2) is 9.36 Å². The molecule has 0 unspecified atom stereocenters. The maximum atomic E-state index is 12.7. The number of aromatic amines is 1. The lowest BCUT2D eigenvalue weighted by Crippen LogP contribution is -2.38. The first-order chi connectivity index (χ1) is 12.0. The lowest BCUT2D eigenvalue weighted by atomic mass is 10.2. The topological polar surface area (TPSA) is 75.2 Å². The van der Waals surface area contributed by atoms with Crippen molar-refractivity contribution in [2.45, 2.75) is 0 Å². The third kappa shape index (κ3) is 3.12. The van der Waals surface area contributed by atoms with Crippen LogP contribution < -0.4 is 16.1 Å². The van der Waals surface area contributed by atoms with E-state index in [9.17, 15) is 14.4 Å². The van der Waals surface area contributed by atoms with Gasteiger partial charge in [-0.3, -0.25) is 14.6 Å². The van der Waals surface area contributed by atoms with Crippen molar-refractivity contribution in [3.05, 3.63) is 86.0 Å². The van der Waals surface area contributed by atoms with Crippen LogP contribution in [0.2, 0.25) is 5.02 Å². The molecule has 126 valence electrons. The Morgan fingerprint density at radius 3 is 2.28 bits per heavy atom. The number of H-pyrrole nitrogens is 1. The molecule has 0 saturated heterocycles. The summed E-state index contributed by atoms with van der Waals surface area (Å²) in [6.07, 6.45) is 0.444. The molecule has 0 atom stereocenters. The number of benzene rings is 2. The second-order valence-corrected chi connectivity index (χ2v) is 5.76. The van der Waals surface area contributed by atoms with Crippen LogP contribution in [0, 0.1) is 0 Å². The van der Waals surface area contributed by atoms with Crippen LogP contribution in [-0.4, -0.2) is 22.9 Å². The molecule has 0 aliphatic carbocycles. The van der Waals surface area contributed by atoms with Crippen LogP contribution in [0.3, 0.4) is 0 Å². The summed E-state index contributed by atoms with van der Waals surface area (Å²) < 4.78 is 0.905. The lowest BCUT2D eigenvalue weighted by Gasteiger charge is -2.20. The first kappa shape index (κ1) is 16.7. The van der Waals surface area contributed by atoms with E-state index in [1.807, 2.05) is 18.2 Å². The van der Waals surface area contributed by atoms with Crippen LogP contribution in [0.1, 0.15) is 10.4 Å². The van der Waals surface area contributed by atoms with Crippen molar-refractivity contribution in [2.75, 3.05) is 11.9 Å². The van der Waals surface area contributed by atoms with Gasteiger partial charge in [-0.15, -0.1) is 0 Å². The van der Waals surface area contributed by atoms with Crippen molar-refractivity contribution in [1.29, 1.82) is 0 Å². The molecule has 3 rings (SSSR count). The third-order valence-electron chi connectivity index (χ3n) is 3.80. The van der Waals surface area contributed by atoms with E-state index in [-0.39, 0.29) is 11.4 Å². The Balaban J connectivity index is 2.21. The highest BCUT2D eigenvalue weighted by Gasteiger charge is 2.18. The molecule has 1 N–H and O–H groups in total. The molecule has 0 bridgehead atoms. The van der Waals surface area contributed by atoms with Crippen LogP contribution in [0.4, 0.5) is 11.5 Å². The van der Waals surface area contributed by atoms with E-state index in [1.165, 1.54) is 12.1 Å². The van der Waals surface area contributed by atoms with Gasteiger partial charge in [0.1, 0.15) is 11.4 Å². The predicted octanol–water partition coefficient (Wildman–Crippen LogP) is 2.76. The molecule has 6 nitrogen and oxygen atoms in total. The maximum Gasteiger partial charge on any atom is 0.334 e. The highest BCUT2D eigenvalue weighted by Crippen LogP contribution is 2.21. The molecule has 0 amide bonds. The summed E-state index contributed by atoms with van der Waals surface area (Å²) in [6, 6.07) is 15.3. The average molecular weight is 356 g/mol. The fourth-order valence-electron chi connectivity index (χ4n) is 2.51. The zero-order chi connectivity index (χ0) is 18.0. The number of nitrogens with zero attached hydrogens (tertiary/aromatic N) is 2. The number of aldehydes is 1. The van der Waals surface area contributed by atoms with Crippen LogP contribution in [0.15, 0.2) is 64.2 Å². The number of rotatable bonds is 4. The Morgan fingerprint density at radius 1 is 1.04 bits per heavy atom. The second kappa shape index (κ2) is 6.78. The molecule has 0 aliphatic heterocycles. The first-order valence-corrected chi connectivity index (χ1v) is 7.80. The molecule has 7 heteroatoms. The molecule has 0 aliphatic rings. The Labute approximate surface area is 147 Å². The number of aromatic nitrogens is 2. The van der Waals surface area contributed by atoms with Gasteiger partial charge in [-0.05, 0) is 36.4 Å². The zero-order valence-corrected chi connectivity index (χ0v) is 14.0. The first-order valence-electron chi connectivity index (χ1n) is 7.42. The number of nitrogens with one attached hydrogen (secondary N) is 1. The molecule has 25 heavy (non-hydrogen) atoms. The fourth-order valence-corrected chi connectivity index (χ4v) is 2.64. The van der Waals surface area contributed by atoms with E-state index < -0.39 is 11.2 Å². The summed E-state index contributed by atoms with van der Waals surface area (Å²) in [6.45, 7) is 0. The van der Waals surface area contributed by atoms with Crippen LogP contribution in [-0.2, 0) is 0 Å². The summed E-state index contributed by atoms with van der Waals surface area (Å²) in [7, 11) is 1.67. The largest absolute Gasteiger partial charge is 0.334 e. The van der Waals surface area contributed by atoms with Gasteiger partial charge in [0.15, 0.2) is 6.29 Å². The van der Waals surface area contributed by atoms with Crippen molar-refractivity contribution in [2.24, 2.45) is 0 Å². The lowest BCUT2D eigenvalue weighted by molar-refractivity contribution is 0.112. The van der Waals surface area contributed by atoms with Gasteiger partial charge in [0.25, 0.3) is 5.56 Å². The van der Waals surface area contributed by atoms with Gasteiger partial charge in [0.05, 0.1) is 5.69 Å². The smallest absolute Gasteiger partial charge is 0.330 e. The van der Waals surface area contributed by atoms with Crippen molar-refractivity contribution in [1.82, 2.24) is 9.55 Å². The van der Waals surface area contributed by atoms with Crippen LogP contribution in [0.25, 0.3) is 5.69 Å². The monoisotopic (exact) mass is 355 g/mol. The molecule has 1 heterocycles. The minimum atomic E-state index is -0.696. The van der Waals surface area contributed by atoms with Crippen molar-refractivity contribution in [3.8, 4) is 5.69 Å². The number of halogens is 1. The van der Waals surface area contributed by atoms with Crippen LogP contribution >= 0.6 is 11.6 Å². The number of carbonyl (C=O) groups is 1. The molecule has 2 aromatic carbocycles. The summed E-state index contributed by atoms with van der Waals surface area (Å²) in [4.78, 5) is 40.9. The number of carbonyl (C=O) groups excluding carboxylic acids is 1. The number of hydrogen-bond donors (Lipinski definition) is 1. The number of para-hydroxylation sites is 1. The van der Waals surface area contributed by atoms with Crippen molar-refractivity contribution < 1.29 is 4.79 Å². The summed E-state index contributed by atoms with van der Waals surface area (Å²) in [5.41, 5.74) is -0.423. The third-order valence-corrected chi connectivity index (χ3v) is 4.05. The molecule has 3 aromatic rings. The van der Waals surface area contributed by atoms with Crippen LogP contribution in [0.5, 0.6) is 0 Å². The van der Waals surface area contributed by atoms with E-state index in [2.05, 4.69) is 4.98 Å². The molecule has 0 saturated carbocycles. The predicted molar refractivity (Wildman–Crippen MR) is 97.6 cm³/mol. The highest BCUT2D eigenvalue weighted by atomic mass is 35.5. The highest BCUT2D eigenvalue weighted by molar-refractivity contribution is 6.30. The van der Waals surface area contributed by atoms with Crippen molar-refractivity contribution in [3.63, 3.8) is 0 Å². The van der Waals surface area contributed by atoms with E-state index in [1.54, 1.807) is 36.2 Å². The second-order valence-electron chi connectivity index (χ2n) is 5.32. The minimum absolute atomic E-state index is 0.138. The molecule has 0 spiro atoms. The Kier molecular flexibility index (Phi) is 4.54. The van der Waals surface area contributed by atoms with Gasteiger partial charge < -0.3 is 4.90 Å². The zero-order valence-electron chi connectivity index (χ0n) is 13.3. The quantitative estimate of drug-likeness (QED) is 0.730. The number of anilines is 2. The summed E-state index contributed by atoms with van der Waals surface area (Å²) in [5.74, 6) is 0.140. The average Bonchev–Trinajstić information content (AvgIpc) is 2.63. The van der Waals surface area contributed by atoms with Gasteiger partial charge in [0, 0.05) is 17.8 Å². The SMILES string of the molecule is CN(c1ccccc1)c1[nH]c(=O)n(-c2ccc(Cl)cc2)c(=O)c1C=O. The van der Waals surface area contributed by atoms with E-state index in [0.29, 0.717) is 17.0 Å². The van der Waals surface area contributed by atoms with Gasteiger partial charge in [0.2, 0.25) is 0 Å². The van der Waals surface area contributed by atoms with E-state index >= 15 is 0 Å². The normalized spacial score (nSPS) is 10.5. The molecular formula is C18H14ClN3O3. The molecule has 1 aromatic heterocycles. The van der Waals surface area contributed by atoms with Crippen molar-refractivity contribution >= 4 is 29.4 Å². The maximum absolute atomic E-state index is 12.7. The Morgan fingerprint density at radius 2 is 1.68 bits per heavy atom. The van der Waals surface area contributed by atoms with Gasteiger partial charge in [-0.2, -0.15) is 0 Å². The molecule has 0 radical (unpaired) electrons. The van der Waals surface area contributed by atoms with Gasteiger partial charge in [-0.1, -0.05) is 29.8 Å². The summed E-state index contributed by atoms with van der Waals surface area (Å²) in [5, 5.41) is 0.476. The fraction of sp³-hybridized carbons (Fsp3) is 0.0556. The van der Waals surface area contributed by atoms with Gasteiger partial charge >= 0.3 is 5.69 Å². The molecule has 0 fully saturated rings. The Hall–Kier alpha value is -3.12. The minimum Gasteiger partial charge on any atom is -0.330 e.